The minimum atomic E-state index is -0.659. The van der Waals surface area contributed by atoms with Gasteiger partial charge in [0.05, 0.1) is 12.1 Å². The first-order valence-corrected chi connectivity index (χ1v) is 7.98. The summed E-state index contributed by atoms with van der Waals surface area (Å²) < 4.78 is 26.6. The molecular formula is C17H24F2N2O. The number of hydrogen-bond acceptors (Lipinski definition) is 2. The molecule has 0 aromatic heterocycles. The third-order valence-corrected chi connectivity index (χ3v) is 4.44. The Morgan fingerprint density at radius 2 is 2.00 bits per heavy atom. The number of amides is 1. The second-order valence-electron chi connectivity index (χ2n) is 6.24. The van der Waals surface area contributed by atoms with Crippen LogP contribution in [-0.2, 0) is 4.79 Å². The molecule has 1 fully saturated rings. The molecule has 1 aliphatic rings. The van der Waals surface area contributed by atoms with Gasteiger partial charge < -0.3 is 11.1 Å². The highest BCUT2D eigenvalue weighted by atomic mass is 19.1. The van der Waals surface area contributed by atoms with Crippen LogP contribution in [0.1, 0.15) is 57.1 Å². The minimum Gasteiger partial charge on any atom is -0.348 e. The van der Waals surface area contributed by atoms with Gasteiger partial charge in [-0.05, 0) is 25.3 Å². The van der Waals surface area contributed by atoms with Gasteiger partial charge in [-0.3, -0.25) is 4.79 Å². The molecule has 1 aromatic carbocycles. The van der Waals surface area contributed by atoms with Crippen LogP contribution in [0.25, 0.3) is 0 Å². The third-order valence-electron chi connectivity index (χ3n) is 4.44. The van der Waals surface area contributed by atoms with Gasteiger partial charge in [0.15, 0.2) is 0 Å². The summed E-state index contributed by atoms with van der Waals surface area (Å²) in [5, 5.41) is 2.72. The predicted molar refractivity (Wildman–Crippen MR) is 82.1 cm³/mol. The second-order valence-corrected chi connectivity index (χ2v) is 6.24. The van der Waals surface area contributed by atoms with Crippen LogP contribution in [0, 0.1) is 17.6 Å². The number of carbonyl (C=O) groups excluding carboxylic acids is 1. The van der Waals surface area contributed by atoms with E-state index >= 15 is 0 Å². The molecule has 2 rings (SSSR count). The van der Waals surface area contributed by atoms with E-state index in [1.165, 1.54) is 31.4 Å². The van der Waals surface area contributed by atoms with Gasteiger partial charge in [0, 0.05) is 11.6 Å². The van der Waals surface area contributed by atoms with Crippen LogP contribution in [0.3, 0.4) is 0 Å². The number of carbonyl (C=O) groups is 1. The van der Waals surface area contributed by atoms with Crippen LogP contribution in [0.2, 0.25) is 0 Å². The van der Waals surface area contributed by atoms with E-state index in [1.807, 2.05) is 0 Å². The summed E-state index contributed by atoms with van der Waals surface area (Å²) in [4.78, 5) is 12.1. The Hall–Kier alpha value is -1.49. The van der Waals surface area contributed by atoms with Gasteiger partial charge in [-0.2, -0.15) is 0 Å². The standard InChI is InChI=1S/C17H24F2N2O/c1-11(14-8-7-13(18)10-15(14)19)21-17(22)16(20)9-12-5-3-2-4-6-12/h7-8,10-12,16H,2-6,9,20H2,1H3,(H,21,22). The number of benzene rings is 1. The first-order valence-electron chi connectivity index (χ1n) is 7.98. The molecule has 0 heterocycles. The zero-order valence-electron chi connectivity index (χ0n) is 12.9. The van der Waals surface area contributed by atoms with Gasteiger partial charge in [-0.25, -0.2) is 8.78 Å². The van der Waals surface area contributed by atoms with Crippen molar-refractivity contribution in [3.63, 3.8) is 0 Å². The number of rotatable bonds is 5. The lowest BCUT2D eigenvalue weighted by Gasteiger charge is -2.25. The molecule has 0 bridgehead atoms. The van der Waals surface area contributed by atoms with Crippen molar-refractivity contribution in [2.24, 2.45) is 11.7 Å². The van der Waals surface area contributed by atoms with Gasteiger partial charge in [0.25, 0.3) is 0 Å². The summed E-state index contributed by atoms with van der Waals surface area (Å²) in [6.07, 6.45) is 6.60. The molecule has 0 saturated heterocycles. The van der Waals surface area contributed by atoms with E-state index in [2.05, 4.69) is 5.32 Å². The van der Waals surface area contributed by atoms with E-state index in [4.69, 9.17) is 5.73 Å². The molecular weight excluding hydrogens is 286 g/mol. The van der Waals surface area contributed by atoms with Crippen molar-refractivity contribution in [2.45, 2.75) is 57.5 Å². The van der Waals surface area contributed by atoms with Gasteiger partial charge in [0.1, 0.15) is 11.6 Å². The van der Waals surface area contributed by atoms with Crippen molar-refractivity contribution in [3.8, 4) is 0 Å². The van der Waals surface area contributed by atoms with E-state index in [0.717, 1.165) is 18.9 Å². The molecule has 3 N–H and O–H groups in total. The van der Waals surface area contributed by atoms with E-state index < -0.39 is 23.7 Å². The molecule has 122 valence electrons. The quantitative estimate of drug-likeness (QED) is 0.875. The Morgan fingerprint density at radius 1 is 1.32 bits per heavy atom. The van der Waals surface area contributed by atoms with Crippen molar-refractivity contribution >= 4 is 5.91 Å². The second kappa shape index (κ2) is 7.68. The summed E-state index contributed by atoms with van der Waals surface area (Å²) in [6, 6.07) is 2.24. The first-order chi connectivity index (χ1) is 10.5. The highest BCUT2D eigenvalue weighted by Gasteiger charge is 2.23. The lowest BCUT2D eigenvalue weighted by molar-refractivity contribution is -0.123. The largest absolute Gasteiger partial charge is 0.348 e. The minimum absolute atomic E-state index is 0.264. The maximum atomic E-state index is 13.7. The van der Waals surface area contributed by atoms with Crippen molar-refractivity contribution in [2.75, 3.05) is 0 Å². The van der Waals surface area contributed by atoms with E-state index in [9.17, 15) is 13.6 Å². The molecule has 1 saturated carbocycles. The lowest BCUT2D eigenvalue weighted by Crippen LogP contribution is -2.43. The zero-order chi connectivity index (χ0) is 16.1. The SMILES string of the molecule is CC(NC(=O)C(N)CC1CCCCC1)c1ccc(F)cc1F. The Kier molecular flexibility index (Phi) is 5.89. The summed E-state index contributed by atoms with van der Waals surface area (Å²) in [5.74, 6) is -1.06. The van der Waals surface area contributed by atoms with Crippen LogP contribution in [0.15, 0.2) is 18.2 Å². The monoisotopic (exact) mass is 310 g/mol. The van der Waals surface area contributed by atoms with Gasteiger partial charge in [0.2, 0.25) is 5.91 Å². The Morgan fingerprint density at radius 3 is 2.64 bits per heavy atom. The van der Waals surface area contributed by atoms with Crippen LogP contribution in [0.4, 0.5) is 8.78 Å². The van der Waals surface area contributed by atoms with Crippen LogP contribution in [0.5, 0.6) is 0 Å². The molecule has 0 radical (unpaired) electrons. The average molecular weight is 310 g/mol. The topological polar surface area (TPSA) is 55.1 Å². The fraction of sp³-hybridized carbons (Fsp3) is 0.588. The van der Waals surface area contributed by atoms with Crippen molar-refractivity contribution in [3.05, 3.63) is 35.4 Å². The Bertz CT molecular complexity index is 515. The van der Waals surface area contributed by atoms with Crippen molar-refractivity contribution < 1.29 is 13.6 Å². The number of nitrogens with one attached hydrogen (secondary N) is 1. The van der Waals surface area contributed by atoms with Crippen LogP contribution in [-0.4, -0.2) is 11.9 Å². The number of hydrogen-bond donors (Lipinski definition) is 2. The molecule has 5 heteroatoms. The van der Waals surface area contributed by atoms with Crippen LogP contribution < -0.4 is 11.1 Å². The summed E-state index contributed by atoms with van der Waals surface area (Å²) in [7, 11) is 0. The predicted octanol–water partition coefficient (Wildman–Crippen LogP) is 3.44. The summed E-state index contributed by atoms with van der Waals surface area (Å²) >= 11 is 0. The van der Waals surface area contributed by atoms with E-state index in [1.54, 1.807) is 6.92 Å². The van der Waals surface area contributed by atoms with E-state index in [-0.39, 0.29) is 11.5 Å². The maximum absolute atomic E-state index is 13.7. The molecule has 0 aliphatic heterocycles. The Labute approximate surface area is 130 Å². The van der Waals surface area contributed by atoms with Crippen molar-refractivity contribution in [1.82, 2.24) is 5.32 Å². The van der Waals surface area contributed by atoms with Crippen molar-refractivity contribution in [1.29, 1.82) is 0 Å². The average Bonchev–Trinajstić information content (AvgIpc) is 2.47. The van der Waals surface area contributed by atoms with Crippen LogP contribution >= 0.6 is 0 Å². The molecule has 1 aliphatic carbocycles. The first kappa shape index (κ1) is 16.9. The Balaban J connectivity index is 1.89. The van der Waals surface area contributed by atoms with Gasteiger partial charge in [-0.1, -0.05) is 38.2 Å². The molecule has 22 heavy (non-hydrogen) atoms. The molecule has 2 atom stereocenters. The summed E-state index contributed by atoms with van der Waals surface area (Å²) in [5.41, 5.74) is 6.23. The smallest absolute Gasteiger partial charge is 0.237 e. The molecule has 3 nitrogen and oxygen atoms in total. The molecule has 1 aromatic rings. The molecule has 1 amide bonds. The highest BCUT2D eigenvalue weighted by molar-refractivity contribution is 5.81. The zero-order valence-corrected chi connectivity index (χ0v) is 12.9. The fourth-order valence-corrected chi connectivity index (χ4v) is 3.14. The number of halogens is 2. The number of nitrogens with two attached hydrogens (primary N) is 1. The van der Waals surface area contributed by atoms with E-state index in [0.29, 0.717) is 12.3 Å². The maximum Gasteiger partial charge on any atom is 0.237 e. The van der Waals surface area contributed by atoms with Gasteiger partial charge >= 0.3 is 0 Å². The third kappa shape index (κ3) is 4.50. The normalized spacial score (nSPS) is 18.7. The lowest BCUT2D eigenvalue weighted by atomic mass is 9.85. The van der Waals surface area contributed by atoms with Gasteiger partial charge in [-0.15, -0.1) is 0 Å². The molecule has 0 spiro atoms. The molecule has 2 unspecified atom stereocenters. The fourth-order valence-electron chi connectivity index (χ4n) is 3.14. The highest BCUT2D eigenvalue weighted by Crippen LogP contribution is 2.27. The summed E-state index contributed by atoms with van der Waals surface area (Å²) in [6.45, 7) is 1.67.